The molecule has 0 fully saturated rings. The number of benzene rings is 1. The van der Waals surface area contributed by atoms with Crippen LogP contribution in [-0.2, 0) is 19.4 Å². The third kappa shape index (κ3) is 3.08. The second-order valence-electron chi connectivity index (χ2n) is 8.35. The molecule has 0 saturated heterocycles. The van der Waals surface area contributed by atoms with E-state index < -0.39 is 0 Å². The lowest BCUT2D eigenvalue weighted by atomic mass is 9.95. The predicted molar refractivity (Wildman–Crippen MR) is 119 cm³/mol. The number of hydrogen-bond donors (Lipinski definition) is 1. The van der Waals surface area contributed by atoms with Gasteiger partial charge in [0.2, 0.25) is 0 Å². The summed E-state index contributed by atoms with van der Waals surface area (Å²) >= 11 is 1.93. The molecule has 150 valence electrons. The molecule has 0 spiro atoms. The van der Waals surface area contributed by atoms with Crippen molar-refractivity contribution in [2.75, 3.05) is 5.32 Å². The van der Waals surface area contributed by atoms with E-state index in [1.807, 2.05) is 23.2 Å². The summed E-state index contributed by atoms with van der Waals surface area (Å²) in [6, 6.07) is 10.4. The Bertz CT molecular complexity index is 1090. The first-order valence-corrected chi connectivity index (χ1v) is 11.3. The molecule has 1 atom stereocenters. The molecule has 2 aromatic heterocycles. The van der Waals surface area contributed by atoms with Crippen molar-refractivity contribution >= 4 is 23.1 Å². The Labute approximate surface area is 176 Å². The first-order valence-electron chi connectivity index (χ1n) is 10.5. The quantitative estimate of drug-likeness (QED) is 0.518. The van der Waals surface area contributed by atoms with Crippen molar-refractivity contribution in [1.82, 2.24) is 9.47 Å². The molecule has 3 heterocycles. The summed E-state index contributed by atoms with van der Waals surface area (Å²) in [5, 5.41) is 4.50. The van der Waals surface area contributed by atoms with Gasteiger partial charge in [0, 0.05) is 28.0 Å². The summed E-state index contributed by atoms with van der Waals surface area (Å²) in [6.07, 6.45) is 6.99. The summed E-state index contributed by atoms with van der Waals surface area (Å²) in [4.78, 5) is 17.0. The Morgan fingerprint density at radius 2 is 1.97 bits per heavy atom. The number of anilines is 1. The van der Waals surface area contributed by atoms with Crippen molar-refractivity contribution in [3.63, 3.8) is 0 Å². The van der Waals surface area contributed by atoms with Crippen LogP contribution in [0.4, 0.5) is 10.5 Å². The zero-order valence-electron chi connectivity index (χ0n) is 17.3. The minimum Gasteiger partial charge on any atom is -0.312 e. The molecule has 3 aromatic rings. The van der Waals surface area contributed by atoms with E-state index in [4.69, 9.17) is 0 Å². The highest BCUT2D eigenvalue weighted by Crippen LogP contribution is 2.42. The third-order valence-corrected chi connectivity index (χ3v) is 7.71. The van der Waals surface area contributed by atoms with Gasteiger partial charge in [-0.1, -0.05) is 12.1 Å². The lowest BCUT2D eigenvalue weighted by molar-refractivity contribution is 0.189. The predicted octanol–water partition coefficient (Wildman–Crippen LogP) is 6.14. The summed E-state index contributed by atoms with van der Waals surface area (Å²) in [5.41, 5.74) is 7.16. The van der Waals surface area contributed by atoms with Gasteiger partial charge in [-0.05, 0) is 81.3 Å². The van der Waals surface area contributed by atoms with Gasteiger partial charge in [0.05, 0.1) is 12.6 Å². The number of carbonyl (C=O) groups excluding carboxylic acids is 1. The van der Waals surface area contributed by atoms with E-state index in [0.29, 0.717) is 6.54 Å². The van der Waals surface area contributed by atoms with Crippen molar-refractivity contribution in [2.45, 2.75) is 59.0 Å². The number of urea groups is 1. The van der Waals surface area contributed by atoms with Gasteiger partial charge in [0.1, 0.15) is 5.00 Å². The monoisotopic (exact) mass is 405 g/mol. The fraction of sp³-hybridized carbons (Fsp3) is 0.375. The largest absolute Gasteiger partial charge is 0.322 e. The maximum absolute atomic E-state index is 13.4. The summed E-state index contributed by atoms with van der Waals surface area (Å²) in [5.74, 6) is 0. The molecule has 0 bridgehead atoms. The second kappa shape index (κ2) is 7.06. The normalized spacial score (nSPS) is 17.9. The van der Waals surface area contributed by atoms with Crippen LogP contribution in [0.25, 0.3) is 5.00 Å². The number of nitrogens with one attached hydrogen (secondary N) is 1. The van der Waals surface area contributed by atoms with Crippen LogP contribution < -0.4 is 5.32 Å². The van der Waals surface area contributed by atoms with Crippen LogP contribution in [0.15, 0.2) is 36.5 Å². The number of nitrogens with zero attached hydrogens (tertiary/aromatic N) is 2. The molecule has 2 amide bonds. The minimum absolute atomic E-state index is 0.00829. The van der Waals surface area contributed by atoms with E-state index >= 15 is 0 Å². The first-order chi connectivity index (χ1) is 14.0. The van der Waals surface area contributed by atoms with Crippen LogP contribution in [0.3, 0.4) is 0 Å². The van der Waals surface area contributed by atoms with Crippen LogP contribution >= 0.6 is 11.3 Å². The lowest BCUT2D eigenvalue weighted by Crippen LogP contribution is -2.36. The Hall–Kier alpha value is -2.53. The number of hydrogen-bond acceptors (Lipinski definition) is 2. The van der Waals surface area contributed by atoms with Crippen molar-refractivity contribution in [3.05, 3.63) is 69.4 Å². The second-order valence-corrected chi connectivity index (χ2v) is 9.43. The van der Waals surface area contributed by atoms with Gasteiger partial charge >= 0.3 is 6.03 Å². The SMILES string of the molecule is Cc1ccc(C)c(NC(=O)N2Cc3c(sc4c3CCCC4)-n3cccc3[C@@H]2C)c1. The number of rotatable bonds is 1. The first kappa shape index (κ1) is 18.5. The van der Waals surface area contributed by atoms with E-state index in [0.717, 1.165) is 23.2 Å². The molecule has 1 aliphatic carbocycles. The molecule has 1 N–H and O–H groups in total. The van der Waals surface area contributed by atoms with Crippen LogP contribution in [0.2, 0.25) is 0 Å². The maximum Gasteiger partial charge on any atom is 0.322 e. The van der Waals surface area contributed by atoms with Crippen LogP contribution in [0.5, 0.6) is 0 Å². The molecule has 2 aliphatic rings. The van der Waals surface area contributed by atoms with E-state index in [-0.39, 0.29) is 12.1 Å². The van der Waals surface area contributed by atoms with Gasteiger partial charge in [0.25, 0.3) is 0 Å². The topological polar surface area (TPSA) is 37.3 Å². The third-order valence-electron chi connectivity index (χ3n) is 6.38. The van der Waals surface area contributed by atoms with E-state index in [2.05, 4.69) is 60.3 Å². The van der Waals surface area contributed by atoms with E-state index in [1.165, 1.54) is 46.0 Å². The van der Waals surface area contributed by atoms with Gasteiger partial charge in [0.15, 0.2) is 0 Å². The van der Waals surface area contributed by atoms with Gasteiger partial charge in [-0.2, -0.15) is 0 Å². The van der Waals surface area contributed by atoms with Gasteiger partial charge in [-0.15, -0.1) is 11.3 Å². The van der Waals surface area contributed by atoms with Crippen LogP contribution in [0.1, 0.15) is 58.6 Å². The molecule has 1 aromatic carbocycles. The molecule has 5 heteroatoms. The highest BCUT2D eigenvalue weighted by Gasteiger charge is 2.33. The lowest BCUT2D eigenvalue weighted by Gasteiger charge is -2.28. The highest BCUT2D eigenvalue weighted by atomic mass is 32.1. The van der Waals surface area contributed by atoms with Crippen LogP contribution in [0, 0.1) is 13.8 Å². The minimum atomic E-state index is -0.0254. The summed E-state index contributed by atoms with van der Waals surface area (Å²) < 4.78 is 2.31. The number of carbonyl (C=O) groups is 1. The fourth-order valence-corrected chi connectivity index (χ4v) is 6.07. The smallest absolute Gasteiger partial charge is 0.312 e. The van der Waals surface area contributed by atoms with Gasteiger partial charge in [-0.25, -0.2) is 4.79 Å². The number of aryl methyl sites for hydroxylation is 3. The molecular formula is C24H27N3OS. The Morgan fingerprint density at radius 3 is 2.83 bits per heavy atom. The Morgan fingerprint density at radius 1 is 1.14 bits per heavy atom. The van der Waals surface area contributed by atoms with Crippen molar-refractivity contribution in [1.29, 1.82) is 0 Å². The highest BCUT2D eigenvalue weighted by molar-refractivity contribution is 7.15. The fourth-order valence-electron chi connectivity index (χ4n) is 4.67. The molecule has 5 rings (SSSR count). The number of fused-ring (bicyclic) bond motifs is 5. The average molecular weight is 406 g/mol. The molecule has 0 saturated carbocycles. The zero-order chi connectivity index (χ0) is 20.1. The van der Waals surface area contributed by atoms with Crippen molar-refractivity contribution < 1.29 is 4.79 Å². The zero-order valence-corrected chi connectivity index (χ0v) is 18.1. The Balaban J connectivity index is 1.55. The standard InChI is InChI=1S/C24H27N3OS/c1-15-10-11-16(2)20(13-15)25-24(28)27-14-19-18-7-4-5-9-22(18)29-23(19)26-12-6-8-21(26)17(27)3/h6,8,10-13,17H,4-5,7,9,14H2,1-3H3,(H,25,28)/t17-/m0/s1. The Kier molecular flexibility index (Phi) is 4.50. The number of amides is 2. The van der Waals surface area contributed by atoms with Crippen molar-refractivity contribution in [2.24, 2.45) is 0 Å². The molecule has 0 unspecified atom stereocenters. The van der Waals surface area contributed by atoms with Crippen LogP contribution in [-0.4, -0.2) is 15.5 Å². The number of aromatic nitrogens is 1. The van der Waals surface area contributed by atoms with Gasteiger partial charge < -0.3 is 14.8 Å². The molecule has 4 nitrogen and oxygen atoms in total. The molecule has 1 aliphatic heterocycles. The number of thiophene rings is 1. The van der Waals surface area contributed by atoms with Crippen molar-refractivity contribution in [3.8, 4) is 5.00 Å². The van der Waals surface area contributed by atoms with E-state index in [1.54, 1.807) is 0 Å². The van der Waals surface area contributed by atoms with Gasteiger partial charge in [-0.3, -0.25) is 0 Å². The molecular weight excluding hydrogens is 378 g/mol. The average Bonchev–Trinajstić information content (AvgIpc) is 3.30. The molecule has 29 heavy (non-hydrogen) atoms. The summed E-state index contributed by atoms with van der Waals surface area (Å²) in [7, 11) is 0. The summed E-state index contributed by atoms with van der Waals surface area (Å²) in [6.45, 7) is 6.90. The molecule has 0 radical (unpaired) electrons. The van der Waals surface area contributed by atoms with E-state index in [9.17, 15) is 4.79 Å². The maximum atomic E-state index is 13.4.